The number of rotatable bonds is 5. The van der Waals surface area contributed by atoms with Crippen LogP contribution in [0.4, 0.5) is 13.2 Å². The Labute approximate surface area is 122 Å². The highest BCUT2D eigenvalue weighted by molar-refractivity contribution is 14.1. The van der Waals surface area contributed by atoms with Gasteiger partial charge in [0, 0.05) is 4.43 Å². The molecular formula is C13H12F3IO2. The van der Waals surface area contributed by atoms with Crippen molar-refractivity contribution < 1.29 is 22.7 Å². The van der Waals surface area contributed by atoms with E-state index in [9.17, 15) is 18.0 Å². The summed E-state index contributed by atoms with van der Waals surface area (Å²) >= 11 is 2.14. The number of carbonyl (C=O) groups is 1. The first kappa shape index (κ1) is 16.0. The molecule has 0 aliphatic rings. The first-order chi connectivity index (χ1) is 8.86. The molecule has 0 radical (unpaired) electrons. The highest BCUT2D eigenvalue weighted by Crippen LogP contribution is 2.32. The van der Waals surface area contributed by atoms with Crippen LogP contribution in [0, 0.1) is 0 Å². The lowest BCUT2D eigenvalue weighted by atomic mass is 10.0. The van der Waals surface area contributed by atoms with Gasteiger partial charge in [0.05, 0.1) is 17.7 Å². The second-order valence-electron chi connectivity index (χ2n) is 3.74. The second-order valence-corrected chi connectivity index (χ2v) is 4.81. The molecule has 1 aromatic carbocycles. The summed E-state index contributed by atoms with van der Waals surface area (Å²) in [5.41, 5.74) is -1.01. The quantitative estimate of drug-likeness (QED) is 0.329. The summed E-state index contributed by atoms with van der Waals surface area (Å²) in [6.45, 7) is 3.25. The van der Waals surface area contributed by atoms with E-state index in [0.29, 0.717) is 6.42 Å². The standard InChI is InChI=1S/C13H12F3IO2/c1-9(13(14,15)16)10-4-2-5-11(8-10)12(18)19-7-3-6-17/h2,4-5,8H,1,3,6-7H2. The Morgan fingerprint density at radius 3 is 2.53 bits per heavy atom. The van der Waals surface area contributed by atoms with Crippen LogP contribution >= 0.6 is 22.6 Å². The molecule has 0 unspecified atom stereocenters. The maximum Gasteiger partial charge on any atom is 0.416 e. The molecule has 2 nitrogen and oxygen atoms in total. The molecule has 0 aromatic heterocycles. The van der Waals surface area contributed by atoms with Crippen LogP contribution in [-0.4, -0.2) is 23.2 Å². The second kappa shape index (κ2) is 6.93. The number of esters is 1. The average Bonchev–Trinajstić information content (AvgIpc) is 2.37. The first-order valence-corrected chi connectivity index (χ1v) is 6.98. The maximum atomic E-state index is 12.5. The van der Waals surface area contributed by atoms with E-state index < -0.39 is 17.7 Å². The summed E-state index contributed by atoms with van der Waals surface area (Å²) in [5, 5.41) is 0. The van der Waals surface area contributed by atoms with Crippen molar-refractivity contribution in [3.8, 4) is 0 Å². The van der Waals surface area contributed by atoms with Crippen molar-refractivity contribution in [1.82, 2.24) is 0 Å². The third kappa shape index (κ3) is 4.85. The van der Waals surface area contributed by atoms with Gasteiger partial charge in [0.15, 0.2) is 0 Å². The van der Waals surface area contributed by atoms with Crippen LogP contribution in [0.15, 0.2) is 30.8 Å². The molecule has 0 aliphatic heterocycles. The molecule has 6 heteroatoms. The van der Waals surface area contributed by atoms with Gasteiger partial charge in [-0.1, -0.05) is 41.3 Å². The number of hydrogen-bond acceptors (Lipinski definition) is 2. The third-order valence-corrected chi connectivity index (χ3v) is 3.06. The number of hydrogen-bond donors (Lipinski definition) is 0. The van der Waals surface area contributed by atoms with Gasteiger partial charge < -0.3 is 4.74 Å². The molecular weight excluding hydrogens is 372 g/mol. The number of alkyl halides is 4. The van der Waals surface area contributed by atoms with E-state index in [4.69, 9.17) is 4.74 Å². The van der Waals surface area contributed by atoms with Crippen LogP contribution in [-0.2, 0) is 4.74 Å². The predicted molar refractivity (Wildman–Crippen MR) is 75.3 cm³/mol. The zero-order valence-electron chi connectivity index (χ0n) is 9.97. The van der Waals surface area contributed by atoms with E-state index in [1.54, 1.807) is 0 Å². The predicted octanol–water partition coefficient (Wildman–Crippen LogP) is 4.24. The number of carbonyl (C=O) groups excluding carboxylic acids is 1. The van der Waals surface area contributed by atoms with Crippen molar-refractivity contribution >= 4 is 34.1 Å². The minimum atomic E-state index is -4.51. The molecule has 0 aliphatic carbocycles. The topological polar surface area (TPSA) is 26.3 Å². The first-order valence-electron chi connectivity index (χ1n) is 5.46. The molecule has 0 N–H and O–H groups in total. The molecule has 0 saturated heterocycles. The van der Waals surface area contributed by atoms with Gasteiger partial charge in [-0.05, 0) is 24.1 Å². The number of ether oxygens (including phenoxy) is 1. The zero-order chi connectivity index (χ0) is 14.5. The Kier molecular flexibility index (Phi) is 5.84. The Morgan fingerprint density at radius 1 is 1.32 bits per heavy atom. The average molecular weight is 384 g/mol. The zero-order valence-corrected chi connectivity index (χ0v) is 12.1. The van der Waals surface area contributed by atoms with Crippen molar-refractivity contribution in [2.45, 2.75) is 12.6 Å². The lowest BCUT2D eigenvalue weighted by Crippen LogP contribution is -2.11. The van der Waals surface area contributed by atoms with Gasteiger partial charge in [-0.15, -0.1) is 0 Å². The molecule has 0 bridgehead atoms. The van der Waals surface area contributed by atoms with E-state index >= 15 is 0 Å². The van der Waals surface area contributed by atoms with Crippen molar-refractivity contribution in [1.29, 1.82) is 0 Å². The van der Waals surface area contributed by atoms with E-state index in [-0.39, 0.29) is 17.7 Å². The number of benzene rings is 1. The molecule has 1 aromatic rings. The molecule has 0 fully saturated rings. The van der Waals surface area contributed by atoms with E-state index in [1.807, 2.05) is 0 Å². The van der Waals surface area contributed by atoms with Gasteiger partial charge in [-0.2, -0.15) is 13.2 Å². The van der Waals surface area contributed by atoms with Crippen molar-refractivity contribution in [3.63, 3.8) is 0 Å². The molecule has 0 heterocycles. The fourth-order valence-corrected chi connectivity index (χ4v) is 1.61. The number of allylic oxidation sites excluding steroid dienone is 1. The fraction of sp³-hybridized carbons (Fsp3) is 0.308. The smallest absolute Gasteiger partial charge is 0.416 e. The van der Waals surface area contributed by atoms with Gasteiger partial charge in [0.1, 0.15) is 0 Å². The minimum Gasteiger partial charge on any atom is -0.462 e. The van der Waals surface area contributed by atoms with Crippen molar-refractivity contribution in [2.24, 2.45) is 0 Å². The van der Waals surface area contributed by atoms with Crippen LogP contribution in [0.3, 0.4) is 0 Å². The summed E-state index contributed by atoms with van der Waals surface area (Å²) in [7, 11) is 0. The minimum absolute atomic E-state index is 0.0939. The van der Waals surface area contributed by atoms with Gasteiger partial charge in [0.2, 0.25) is 0 Å². The van der Waals surface area contributed by atoms with Gasteiger partial charge in [-0.25, -0.2) is 4.79 Å². The monoisotopic (exact) mass is 384 g/mol. The highest BCUT2D eigenvalue weighted by Gasteiger charge is 2.33. The molecule has 0 atom stereocenters. The van der Waals surface area contributed by atoms with E-state index in [2.05, 4.69) is 29.2 Å². The van der Waals surface area contributed by atoms with Crippen LogP contribution in [0.25, 0.3) is 5.57 Å². The molecule has 0 amide bonds. The lowest BCUT2D eigenvalue weighted by molar-refractivity contribution is -0.0686. The largest absolute Gasteiger partial charge is 0.462 e. The molecule has 104 valence electrons. The highest BCUT2D eigenvalue weighted by atomic mass is 127. The van der Waals surface area contributed by atoms with Crippen molar-refractivity contribution in [2.75, 3.05) is 11.0 Å². The SMILES string of the molecule is C=C(c1cccc(C(=O)OCCCI)c1)C(F)(F)F. The molecule has 19 heavy (non-hydrogen) atoms. The summed E-state index contributed by atoms with van der Waals surface area (Å²) in [4.78, 5) is 11.6. The van der Waals surface area contributed by atoms with Crippen LogP contribution in [0.5, 0.6) is 0 Å². The summed E-state index contributed by atoms with van der Waals surface area (Å²) in [5.74, 6) is -0.623. The van der Waals surface area contributed by atoms with Gasteiger partial charge >= 0.3 is 12.1 Å². The molecule has 1 rings (SSSR count). The summed E-state index contributed by atoms with van der Waals surface area (Å²) in [6, 6.07) is 5.19. The Hall–Kier alpha value is -1.05. The lowest BCUT2D eigenvalue weighted by Gasteiger charge is -2.11. The molecule has 0 spiro atoms. The maximum absolute atomic E-state index is 12.5. The molecule has 0 saturated carbocycles. The van der Waals surface area contributed by atoms with Gasteiger partial charge in [-0.3, -0.25) is 0 Å². The Balaban J connectivity index is 2.83. The summed E-state index contributed by atoms with van der Waals surface area (Å²) in [6.07, 6.45) is -3.80. The van der Waals surface area contributed by atoms with Crippen LogP contribution in [0.1, 0.15) is 22.3 Å². The van der Waals surface area contributed by atoms with Crippen LogP contribution in [0.2, 0.25) is 0 Å². The fourth-order valence-electron chi connectivity index (χ4n) is 1.30. The normalized spacial score (nSPS) is 11.2. The van der Waals surface area contributed by atoms with E-state index in [0.717, 1.165) is 10.5 Å². The Morgan fingerprint density at radius 2 is 1.95 bits per heavy atom. The van der Waals surface area contributed by atoms with E-state index in [1.165, 1.54) is 18.2 Å². The third-order valence-electron chi connectivity index (χ3n) is 2.30. The van der Waals surface area contributed by atoms with Gasteiger partial charge in [0.25, 0.3) is 0 Å². The number of halogens is 4. The van der Waals surface area contributed by atoms with Crippen molar-refractivity contribution in [3.05, 3.63) is 42.0 Å². The summed E-state index contributed by atoms with van der Waals surface area (Å²) < 4.78 is 43.3. The van der Waals surface area contributed by atoms with Crippen LogP contribution < -0.4 is 0 Å². The Bertz CT molecular complexity index is 469.